The summed E-state index contributed by atoms with van der Waals surface area (Å²) < 4.78 is 0. The van der Waals surface area contributed by atoms with Gasteiger partial charge in [-0.1, -0.05) is 19.9 Å². The van der Waals surface area contributed by atoms with Crippen molar-refractivity contribution in [3.63, 3.8) is 0 Å². The predicted molar refractivity (Wildman–Crippen MR) is 45.3 cm³/mol. The number of allylic oxidation sites excluding steroid dienone is 2. The first-order chi connectivity index (χ1) is 3.98. The van der Waals surface area contributed by atoms with Crippen LogP contribution in [0.5, 0.6) is 0 Å². The lowest BCUT2D eigenvalue weighted by molar-refractivity contribution is 0.688. The van der Waals surface area contributed by atoms with Gasteiger partial charge in [-0.25, -0.2) is 0 Å². The molecule has 9 heavy (non-hydrogen) atoms. The van der Waals surface area contributed by atoms with Crippen molar-refractivity contribution >= 4 is 18.8 Å². The maximum absolute atomic E-state index is 7.00. The van der Waals surface area contributed by atoms with E-state index in [-0.39, 0.29) is 5.41 Å². The normalized spacial score (nSPS) is 13.6. The van der Waals surface area contributed by atoms with Crippen LogP contribution in [0.25, 0.3) is 0 Å². The largest absolute Gasteiger partial charge is 0.312 e. The van der Waals surface area contributed by atoms with Crippen molar-refractivity contribution in [1.29, 1.82) is 5.41 Å². The molecule has 0 rings (SSSR count). The fourth-order valence-electron chi connectivity index (χ4n) is 0.580. The molecule has 0 aromatic heterocycles. The van der Waals surface area contributed by atoms with Crippen LogP contribution in [0.3, 0.4) is 0 Å². The molecule has 0 spiro atoms. The summed E-state index contributed by atoms with van der Waals surface area (Å²) in [5.41, 5.74) is -0.133. The molecule has 0 aliphatic heterocycles. The Bertz CT molecular complexity index is 132. The molecule has 0 bridgehead atoms. The Morgan fingerprint density at radius 3 is 2.11 bits per heavy atom. The lowest BCUT2D eigenvalue weighted by Crippen LogP contribution is -2.07. The predicted octanol–water partition coefficient (Wildman–Crippen LogP) is 2.50. The molecule has 2 heteroatoms. The fourth-order valence-corrected chi connectivity index (χ4v) is 0.913. The van der Waals surface area contributed by atoms with Gasteiger partial charge in [0, 0.05) is 11.6 Å². The second kappa shape index (κ2) is 3.06. The molecule has 0 aromatic rings. The van der Waals surface area contributed by atoms with E-state index >= 15 is 0 Å². The second-order valence-electron chi connectivity index (χ2n) is 2.75. The topological polar surface area (TPSA) is 23.9 Å². The molecule has 0 fully saturated rings. The van der Waals surface area contributed by atoms with Crippen molar-refractivity contribution in [3.8, 4) is 0 Å². The first-order valence-electron chi connectivity index (χ1n) is 2.88. The molecule has 0 saturated heterocycles. The highest BCUT2D eigenvalue weighted by Gasteiger charge is 2.08. The summed E-state index contributed by atoms with van der Waals surface area (Å²) >= 11 is 4.10. The molecule has 0 heterocycles. The van der Waals surface area contributed by atoms with E-state index in [9.17, 15) is 0 Å². The van der Waals surface area contributed by atoms with Crippen molar-refractivity contribution in [2.24, 2.45) is 5.41 Å². The third-order valence-electron chi connectivity index (χ3n) is 0.953. The van der Waals surface area contributed by atoms with Gasteiger partial charge in [-0.2, -0.15) is 0 Å². The van der Waals surface area contributed by atoms with E-state index in [2.05, 4.69) is 12.6 Å². The lowest BCUT2D eigenvalue weighted by atomic mass is 9.95. The van der Waals surface area contributed by atoms with Gasteiger partial charge in [0.05, 0.1) is 0 Å². The fraction of sp³-hybridized carbons (Fsp3) is 0.571. The van der Waals surface area contributed by atoms with Gasteiger partial charge in [-0.3, -0.25) is 0 Å². The van der Waals surface area contributed by atoms with Crippen LogP contribution in [-0.4, -0.2) is 6.21 Å². The van der Waals surface area contributed by atoms with E-state index in [0.29, 0.717) is 0 Å². The molecule has 0 amide bonds. The van der Waals surface area contributed by atoms with Crippen molar-refractivity contribution in [1.82, 2.24) is 0 Å². The smallest absolute Gasteiger partial charge is 0.0182 e. The van der Waals surface area contributed by atoms with E-state index in [0.717, 1.165) is 4.91 Å². The molecule has 52 valence electrons. The van der Waals surface area contributed by atoms with Crippen LogP contribution in [0.15, 0.2) is 11.0 Å². The van der Waals surface area contributed by atoms with Gasteiger partial charge < -0.3 is 5.41 Å². The van der Waals surface area contributed by atoms with E-state index in [1.807, 2.05) is 26.8 Å². The second-order valence-corrected chi connectivity index (χ2v) is 3.46. The molecule has 0 aliphatic rings. The van der Waals surface area contributed by atoms with Gasteiger partial charge in [0.25, 0.3) is 0 Å². The molecule has 0 atom stereocenters. The third kappa shape index (κ3) is 4.28. The zero-order valence-corrected chi connectivity index (χ0v) is 7.00. The number of hydrogen-bond donors (Lipinski definition) is 2. The Morgan fingerprint density at radius 1 is 1.56 bits per heavy atom. The molecule has 1 nitrogen and oxygen atoms in total. The minimum atomic E-state index is -0.133. The molecule has 0 saturated carbocycles. The first-order valence-corrected chi connectivity index (χ1v) is 3.33. The van der Waals surface area contributed by atoms with Crippen LogP contribution < -0.4 is 0 Å². The minimum absolute atomic E-state index is 0.133. The average molecular weight is 143 g/mol. The van der Waals surface area contributed by atoms with Crippen LogP contribution in [-0.2, 0) is 0 Å². The number of thiol groups is 1. The number of nitrogens with one attached hydrogen (secondary N) is 1. The molecule has 0 unspecified atom stereocenters. The molecule has 0 radical (unpaired) electrons. The summed E-state index contributed by atoms with van der Waals surface area (Å²) in [5, 5.41) is 7.00. The lowest BCUT2D eigenvalue weighted by Gasteiger charge is -2.12. The molecule has 1 N–H and O–H groups in total. The minimum Gasteiger partial charge on any atom is -0.312 e. The Labute approximate surface area is 62.1 Å². The van der Waals surface area contributed by atoms with Crippen molar-refractivity contribution in [2.45, 2.75) is 20.8 Å². The summed E-state index contributed by atoms with van der Waals surface area (Å²) in [5.74, 6) is 0. The molecule has 0 aromatic carbocycles. The molecule has 0 aliphatic carbocycles. The Balaban J connectivity index is 4.18. The maximum atomic E-state index is 7.00. The Morgan fingerprint density at radius 2 is 2.00 bits per heavy atom. The molecular weight excluding hydrogens is 130 g/mol. The van der Waals surface area contributed by atoms with Crippen molar-refractivity contribution in [3.05, 3.63) is 11.0 Å². The molecular formula is C7H13NS. The van der Waals surface area contributed by atoms with Crippen LogP contribution >= 0.6 is 12.6 Å². The van der Waals surface area contributed by atoms with Gasteiger partial charge in [-0.05, 0) is 11.8 Å². The highest BCUT2D eigenvalue weighted by atomic mass is 32.1. The zero-order chi connectivity index (χ0) is 7.49. The standard InChI is InChI=1S/C7H13NS/c1-6(9)4-7(2,3)5-8/h4-5,8-9H,1-3H3/b6-4-,8-5?. The van der Waals surface area contributed by atoms with Gasteiger partial charge in [-0.15, -0.1) is 12.6 Å². The van der Waals surface area contributed by atoms with Crippen molar-refractivity contribution in [2.75, 3.05) is 0 Å². The highest BCUT2D eigenvalue weighted by molar-refractivity contribution is 7.84. The van der Waals surface area contributed by atoms with Gasteiger partial charge >= 0.3 is 0 Å². The van der Waals surface area contributed by atoms with Gasteiger partial charge in [0.1, 0.15) is 0 Å². The van der Waals surface area contributed by atoms with Crippen LogP contribution in [0.2, 0.25) is 0 Å². The number of hydrogen-bond acceptors (Lipinski definition) is 2. The summed E-state index contributed by atoms with van der Waals surface area (Å²) in [6.07, 6.45) is 3.36. The quantitative estimate of drug-likeness (QED) is 0.438. The SMILES string of the molecule is C/C(S)=C/C(C)(C)C=N. The van der Waals surface area contributed by atoms with E-state index in [1.165, 1.54) is 6.21 Å². The van der Waals surface area contributed by atoms with E-state index in [4.69, 9.17) is 5.41 Å². The Kier molecular flexibility index (Phi) is 2.98. The zero-order valence-electron chi connectivity index (χ0n) is 6.10. The highest BCUT2D eigenvalue weighted by Crippen LogP contribution is 2.16. The van der Waals surface area contributed by atoms with Crippen molar-refractivity contribution < 1.29 is 0 Å². The summed E-state index contributed by atoms with van der Waals surface area (Å²) in [4.78, 5) is 0.962. The van der Waals surface area contributed by atoms with Crippen LogP contribution in [0.4, 0.5) is 0 Å². The summed E-state index contributed by atoms with van der Waals surface area (Å²) in [6.45, 7) is 5.85. The Hall–Kier alpha value is -0.240. The third-order valence-corrected chi connectivity index (χ3v) is 1.08. The van der Waals surface area contributed by atoms with E-state index in [1.54, 1.807) is 0 Å². The van der Waals surface area contributed by atoms with Crippen LogP contribution in [0, 0.1) is 10.8 Å². The van der Waals surface area contributed by atoms with Crippen LogP contribution in [0.1, 0.15) is 20.8 Å². The van der Waals surface area contributed by atoms with Gasteiger partial charge in [0.2, 0.25) is 0 Å². The number of rotatable bonds is 2. The summed E-state index contributed by atoms with van der Waals surface area (Å²) in [7, 11) is 0. The van der Waals surface area contributed by atoms with Gasteiger partial charge in [0.15, 0.2) is 0 Å². The average Bonchev–Trinajstić information content (AvgIpc) is 1.63. The monoisotopic (exact) mass is 143 g/mol. The first kappa shape index (κ1) is 8.76. The summed E-state index contributed by atoms with van der Waals surface area (Å²) in [6, 6.07) is 0. The van der Waals surface area contributed by atoms with E-state index < -0.39 is 0 Å². The maximum Gasteiger partial charge on any atom is 0.0182 e.